The average molecular weight is 439 g/mol. The molecule has 31 heavy (non-hydrogen) atoms. The number of Topliss-reactive ketones (excluding diaryl/α,β-unsaturated/α-hetero) is 2. The fraction of sp³-hybridized carbons (Fsp3) is 0.375. The molecule has 2 aliphatic heterocycles. The Morgan fingerprint density at radius 1 is 1.03 bits per heavy atom. The summed E-state index contributed by atoms with van der Waals surface area (Å²) in [6, 6.07) is 5.70. The molecule has 162 valence electrons. The van der Waals surface area contributed by atoms with E-state index in [-0.39, 0.29) is 17.5 Å². The van der Waals surface area contributed by atoms with Crippen LogP contribution in [0.25, 0.3) is 10.1 Å². The first-order valence-corrected chi connectivity index (χ1v) is 11.3. The zero-order chi connectivity index (χ0) is 22.3. The van der Waals surface area contributed by atoms with Crippen LogP contribution in [-0.2, 0) is 14.3 Å². The van der Waals surface area contributed by atoms with Gasteiger partial charge in [0.2, 0.25) is 0 Å². The second kappa shape index (κ2) is 8.40. The molecule has 6 nitrogen and oxygen atoms in total. The molecule has 1 amide bonds. The van der Waals surface area contributed by atoms with Crippen LogP contribution in [0.3, 0.4) is 0 Å². The van der Waals surface area contributed by atoms with Gasteiger partial charge in [-0.25, -0.2) is 0 Å². The first-order valence-electron chi connectivity index (χ1n) is 10.4. The van der Waals surface area contributed by atoms with Gasteiger partial charge in [-0.3, -0.25) is 14.4 Å². The Hall–Kier alpha value is -2.77. The Labute approximate surface area is 185 Å². The third-order valence-corrected chi connectivity index (χ3v) is 6.96. The molecule has 0 atom stereocenters. The quantitative estimate of drug-likeness (QED) is 0.786. The van der Waals surface area contributed by atoms with Gasteiger partial charge in [-0.15, -0.1) is 11.3 Å². The number of carbonyl (C=O) groups excluding carboxylic acids is 3. The number of rotatable bonds is 4. The number of nitrogens with zero attached hydrogens (tertiary/aromatic N) is 1. The molecule has 0 spiro atoms. The zero-order valence-electron chi connectivity index (χ0n) is 18.2. The Bertz CT molecular complexity index is 1120. The summed E-state index contributed by atoms with van der Waals surface area (Å²) < 4.78 is 6.38. The van der Waals surface area contributed by atoms with Crippen molar-refractivity contribution in [2.45, 2.75) is 33.6 Å². The molecule has 1 aromatic carbocycles. The molecule has 7 heteroatoms. The smallest absolute Gasteiger partial charge is 0.254 e. The maximum Gasteiger partial charge on any atom is 0.254 e. The van der Waals surface area contributed by atoms with Gasteiger partial charge in [0, 0.05) is 51.8 Å². The number of morpholine rings is 1. The zero-order valence-corrected chi connectivity index (χ0v) is 19.0. The standard InChI is InChI=1S/C24H26N2O4S/c1-13-21(15(3)27)23(22(16(4)28)14(2)25-13)19-12-31-20-6-5-17(11-18(19)20)24(29)26-7-9-30-10-8-26/h5-6,11-12,23,25H,7-10H2,1-4H3. The van der Waals surface area contributed by atoms with Gasteiger partial charge in [-0.05, 0) is 62.2 Å². The van der Waals surface area contributed by atoms with E-state index in [0.717, 1.165) is 27.0 Å². The van der Waals surface area contributed by atoms with E-state index in [4.69, 9.17) is 4.74 Å². The van der Waals surface area contributed by atoms with E-state index >= 15 is 0 Å². The second-order valence-corrected chi connectivity index (χ2v) is 8.97. The summed E-state index contributed by atoms with van der Waals surface area (Å²) in [5.74, 6) is -0.606. The third kappa shape index (κ3) is 3.83. The number of ketones is 2. The average Bonchev–Trinajstić information content (AvgIpc) is 3.15. The number of ether oxygens (including phenoxy) is 1. The number of hydrogen-bond donors (Lipinski definition) is 1. The van der Waals surface area contributed by atoms with Crippen molar-refractivity contribution < 1.29 is 19.1 Å². The van der Waals surface area contributed by atoms with Crippen molar-refractivity contribution in [3.8, 4) is 0 Å². The van der Waals surface area contributed by atoms with E-state index in [2.05, 4.69) is 5.32 Å². The number of allylic oxidation sites excluding steroid dienone is 4. The first kappa shape index (κ1) is 21.5. The molecule has 1 N–H and O–H groups in total. The van der Waals surface area contributed by atoms with E-state index < -0.39 is 5.92 Å². The lowest BCUT2D eigenvalue weighted by molar-refractivity contribution is -0.114. The minimum atomic E-state index is -0.446. The van der Waals surface area contributed by atoms with Crippen molar-refractivity contribution in [2.24, 2.45) is 0 Å². The minimum absolute atomic E-state index is 0.0234. The molecule has 1 saturated heterocycles. The van der Waals surface area contributed by atoms with Crippen LogP contribution in [-0.4, -0.2) is 48.7 Å². The Balaban J connectivity index is 1.85. The van der Waals surface area contributed by atoms with Gasteiger partial charge < -0.3 is 15.0 Å². The van der Waals surface area contributed by atoms with Gasteiger partial charge in [0.05, 0.1) is 13.2 Å². The lowest BCUT2D eigenvalue weighted by Gasteiger charge is -2.30. The van der Waals surface area contributed by atoms with Crippen molar-refractivity contribution in [1.29, 1.82) is 0 Å². The van der Waals surface area contributed by atoms with Gasteiger partial charge in [0.1, 0.15) is 0 Å². The van der Waals surface area contributed by atoms with Crippen LogP contribution in [0.2, 0.25) is 0 Å². The highest BCUT2D eigenvalue weighted by Crippen LogP contribution is 2.43. The number of thiophene rings is 1. The van der Waals surface area contributed by atoms with E-state index in [9.17, 15) is 14.4 Å². The third-order valence-electron chi connectivity index (χ3n) is 5.98. The van der Waals surface area contributed by atoms with Crippen molar-refractivity contribution in [1.82, 2.24) is 10.2 Å². The number of fused-ring (bicyclic) bond motifs is 1. The molecule has 3 heterocycles. The van der Waals surface area contributed by atoms with Gasteiger partial charge in [0.15, 0.2) is 11.6 Å². The van der Waals surface area contributed by atoms with Crippen LogP contribution in [0.4, 0.5) is 0 Å². The molecule has 0 radical (unpaired) electrons. The minimum Gasteiger partial charge on any atom is -0.378 e. The fourth-order valence-corrected chi connectivity index (χ4v) is 5.56. The number of hydrogen-bond acceptors (Lipinski definition) is 6. The van der Waals surface area contributed by atoms with Gasteiger partial charge >= 0.3 is 0 Å². The monoisotopic (exact) mass is 438 g/mol. The first-order chi connectivity index (χ1) is 14.8. The Kier molecular flexibility index (Phi) is 5.81. The van der Waals surface area contributed by atoms with Crippen molar-refractivity contribution in [2.75, 3.05) is 26.3 Å². The molecular formula is C24H26N2O4S. The van der Waals surface area contributed by atoms with E-state index in [0.29, 0.717) is 43.0 Å². The van der Waals surface area contributed by atoms with Gasteiger partial charge in [-0.2, -0.15) is 0 Å². The van der Waals surface area contributed by atoms with E-state index in [1.54, 1.807) is 16.2 Å². The maximum atomic E-state index is 13.0. The lowest BCUT2D eigenvalue weighted by Crippen LogP contribution is -2.40. The molecule has 2 aliphatic rings. The molecule has 1 aromatic heterocycles. The number of carbonyl (C=O) groups is 3. The van der Waals surface area contributed by atoms with Crippen LogP contribution < -0.4 is 5.32 Å². The lowest BCUT2D eigenvalue weighted by atomic mass is 9.77. The van der Waals surface area contributed by atoms with Crippen LogP contribution in [0.15, 0.2) is 46.1 Å². The summed E-state index contributed by atoms with van der Waals surface area (Å²) in [7, 11) is 0. The van der Waals surface area contributed by atoms with E-state index in [1.807, 2.05) is 37.4 Å². The predicted octanol–water partition coefficient (Wildman–Crippen LogP) is 3.79. The summed E-state index contributed by atoms with van der Waals surface area (Å²) >= 11 is 1.56. The molecular weight excluding hydrogens is 412 g/mol. The number of benzene rings is 1. The normalized spacial score (nSPS) is 17.9. The molecule has 0 aliphatic carbocycles. The molecule has 0 bridgehead atoms. The summed E-state index contributed by atoms with van der Waals surface area (Å²) in [5.41, 5.74) is 4.23. The van der Waals surface area contributed by atoms with Crippen molar-refractivity contribution in [3.05, 3.63) is 57.2 Å². The predicted molar refractivity (Wildman–Crippen MR) is 121 cm³/mol. The highest BCUT2D eigenvalue weighted by Gasteiger charge is 2.35. The van der Waals surface area contributed by atoms with Crippen LogP contribution in [0.1, 0.15) is 49.5 Å². The number of dihydropyridines is 1. The maximum absolute atomic E-state index is 13.0. The Morgan fingerprint density at radius 3 is 2.23 bits per heavy atom. The van der Waals surface area contributed by atoms with Crippen molar-refractivity contribution in [3.63, 3.8) is 0 Å². The fourth-order valence-electron chi connectivity index (χ4n) is 4.59. The molecule has 1 fully saturated rings. The van der Waals surface area contributed by atoms with Crippen LogP contribution >= 0.6 is 11.3 Å². The largest absolute Gasteiger partial charge is 0.378 e. The molecule has 0 unspecified atom stereocenters. The summed E-state index contributed by atoms with van der Waals surface area (Å²) in [4.78, 5) is 40.1. The van der Waals surface area contributed by atoms with Crippen LogP contribution in [0.5, 0.6) is 0 Å². The second-order valence-electron chi connectivity index (χ2n) is 8.05. The molecule has 2 aromatic rings. The van der Waals surface area contributed by atoms with Crippen LogP contribution in [0, 0.1) is 0 Å². The van der Waals surface area contributed by atoms with Crippen molar-refractivity contribution >= 4 is 38.9 Å². The topological polar surface area (TPSA) is 75.7 Å². The van der Waals surface area contributed by atoms with Gasteiger partial charge in [0.25, 0.3) is 5.91 Å². The molecule has 4 rings (SSSR count). The highest BCUT2D eigenvalue weighted by atomic mass is 32.1. The molecule has 0 saturated carbocycles. The van der Waals surface area contributed by atoms with E-state index in [1.165, 1.54) is 13.8 Å². The number of nitrogens with one attached hydrogen (secondary N) is 1. The summed E-state index contributed by atoms with van der Waals surface area (Å²) in [5, 5.41) is 6.12. The highest BCUT2D eigenvalue weighted by molar-refractivity contribution is 7.17. The Morgan fingerprint density at radius 2 is 1.65 bits per heavy atom. The number of amides is 1. The summed E-state index contributed by atoms with van der Waals surface area (Å²) in [6.45, 7) is 9.05. The van der Waals surface area contributed by atoms with Gasteiger partial charge in [-0.1, -0.05) is 0 Å². The summed E-state index contributed by atoms with van der Waals surface area (Å²) in [6.07, 6.45) is 0. The SMILES string of the molecule is CC(=O)C1=C(C)NC(C)=C(C(C)=O)C1c1csc2ccc(C(=O)N3CCOCC3)cc12.